The van der Waals surface area contributed by atoms with Gasteiger partial charge in [-0.1, -0.05) is 18.2 Å². The number of pyridine rings is 1. The molecule has 0 aliphatic heterocycles. The summed E-state index contributed by atoms with van der Waals surface area (Å²) >= 11 is 0. The third kappa shape index (κ3) is 4.44. The Kier molecular flexibility index (Phi) is 5.66. The van der Waals surface area contributed by atoms with Crippen LogP contribution in [0.5, 0.6) is 17.4 Å². The van der Waals surface area contributed by atoms with Crippen molar-refractivity contribution in [2.24, 2.45) is 0 Å². The molecule has 4 aromatic rings. The van der Waals surface area contributed by atoms with E-state index in [9.17, 15) is 4.79 Å². The molecule has 30 heavy (non-hydrogen) atoms. The third-order valence-electron chi connectivity index (χ3n) is 4.27. The molecule has 8 nitrogen and oxygen atoms in total. The van der Waals surface area contributed by atoms with E-state index in [4.69, 9.17) is 9.47 Å². The van der Waals surface area contributed by atoms with E-state index in [1.165, 1.54) is 0 Å². The van der Waals surface area contributed by atoms with Gasteiger partial charge in [0.05, 0.1) is 13.7 Å². The highest BCUT2D eigenvalue weighted by molar-refractivity contribution is 5.96. The molecule has 0 spiro atoms. The Morgan fingerprint density at radius 1 is 1.00 bits per heavy atom. The summed E-state index contributed by atoms with van der Waals surface area (Å²) in [6.45, 7) is 0.182. The summed E-state index contributed by atoms with van der Waals surface area (Å²) in [6.07, 6.45) is 1.58. The summed E-state index contributed by atoms with van der Waals surface area (Å²) in [7, 11) is 1.61. The molecule has 2 aromatic heterocycles. The van der Waals surface area contributed by atoms with Crippen LogP contribution in [-0.2, 0) is 6.54 Å². The van der Waals surface area contributed by atoms with Gasteiger partial charge in [0.1, 0.15) is 22.9 Å². The molecule has 2 N–H and O–H groups in total. The molecule has 2 heterocycles. The Hall–Kier alpha value is -4.20. The zero-order chi connectivity index (χ0) is 20.8. The van der Waals surface area contributed by atoms with E-state index in [2.05, 4.69) is 25.5 Å². The van der Waals surface area contributed by atoms with Crippen molar-refractivity contribution in [2.75, 3.05) is 7.11 Å². The molecule has 8 heteroatoms. The fourth-order valence-electron chi connectivity index (χ4n) is 2.75. The summed E-state index contributed by atoms with van der Waals surface area (Å²) < 4.78 is 10.9. The van der Waals surface area contributed by atoms with Crippen molar-refractivity contribution in [3.63, 3.8) is 0 Å². The highest BCUT2D eigenvalue weighted by atomic mass is 16.5. The standard InChI is InChI=1S/C22H19N5O3/c1-29-16-11-9-15(10-12-16)20-25-19(26-27-20)14-24-21(28)18-8-5-13-23-22(18)30-17-6-3-2-4-7-17/h2-13H,14H2,1H3,(H,24,28)(H,25,26,27). The highest BCUT2D eigenvalue weighted by Crippen LogP contribution is 2.22. The summed E-state index contributed by atoms with van der Waals surface area (Å²) in [4.78, 5) is 21.3. The molecule has 0 radical (unpaired) electrons. The Morgan fingerprint density at radius 3 is 2.57 bits per heavy atom. The molecule has 2 aromatic carbocycles. The van der Waals surface area contributed by atoms with Crippen LogP contribution in [0.25, 0.3) is 11.4 Å². The number of aromatic nitrogens is 4. The minimum absolute atomic E-state index is 0.182. The number of hydrogen-bond donors (Lipinski definition) is 2. The molecule has 150 valence electrons. The van der Waals surface area contributed by atoms with Gasteiger partial charge in [0, 0.05) is 11.8 Å². The van der Waals surface area contributed by atoms with E-state index in [1.54, 1.807) is 37.6 Å². The van der Waals surface area contributed by atoms with Gasteiger partial charge in [0.2, 0.25) is 5.88 Å². The predicted molar refractivity (Wildman–Crippen MR) is 110 cm³/mol. The van der Waals surface area contributed by atoms with Crippen molar-refractivity contribution >= 4 is 5.91 Å². The number of carbonyl (C=O) groups is 1. The van der Waals surface area contributed by atoms with Gasteiger partial charge in [0.15, 0.2) is 5.82 Å². The smallest absolute Gasteiger partial charge is 0.257 e. The van der Waals surface area contributed by atoms with Gasteiger partial charge in [-0.15, -0.1) is 0 Å². The number of nitrogens with zero attached hydrogens (tertiary/aromatic N) is 3. The quantitative estimate of drug-likeness (QED) is 0.491. The lowest BCUT2D eigenvalue weighted by Crippen LogP contribution is -2.24. The SMILES string of the molecule is COc1ccc(-c2n[nH]c(CNC(=O)c3cccnc3Oc3ccccc3)n2)cc1. The molecular formula is C22H19N5O3. The first kappa shape index (κ1) is 19.1. The van der Waals surface area contributed by atoms with Gasteiger partial charge in [0.25, 0.3) is 5.91 Å². The van der Waals surface area contributed by atoms with E-state index in [0.29, 0.717) is 23.0 Å². The molecule has 4 rings (SSSR count). The first-order chi connectivity index (χ1) is 14.7. The van der Waals surface area contributed by atoms with Gasteiger partial charge >= 0.3 is 0 Å². The minimum Gasteiger partial charge on any atom is -0.497 e. The molecular weight excluding hydrogens is 382 g/mol. The summed E-state index contributed by atoms with van der Waals surface area (Å²) in [6, 6.07) is 19.9. The van der Waals surface area contributed by atoms with Gasteiger partial charge in [-0.25, -0.2) is 9.97 Å². The number of methoxy groups -OCH3 is 1. The Bertz CT molecular complexity index is 1130. The number of rotatable bonds is 7. The van der Waals surface area contributed by atoms with Crippen LogP contribution in [0.1, 0.15) is 16.2 Å². The second-order valence-corrected chi connectivity index (χ2v) is 6.29. The number of nitrogens with one attached hydrogen (secondary N) is 2. The molecule has 0 fully saturated rings. The number of carbonyl (C=O) groups excluding carboxylic acids is 1. The largest absolute Gasteiger partial charge is 0.497 e. The number of benzene rings is 2. The number of para-hydroxylation sites is 1. The van der Waals surface area contributed by atoms with Crippen LogP contribution >= 0.6 is 0 Å². The van der Waals surface area contributed by atoms with Crippen LogP contribution < -0.4 is 14.8 Å². The molecule has 0 saturated carbocycles. The van der Waals surface area contributed by atoms with E-state index in [-0.39, 0.29) is 18.3 Å². The first-order valence-electron chi connectivity index (χ1n) is 9.25. The van der Waals surface area contributed by atoms with E-state index in [1.807, 2.05) is 42.5 Å². The van der Waals surface area contributed by atoms with Crippen molar-refractivity contribution in [1.82, 2.24) is 25.5 Å². The molecule has 0 atom stereocenters. The number of amides is 1. The van der Waals surface area contributed by atoms with Crippen molar-refractivity contribution in [1.29, 1.82) is 0 Å². The summed E-state index contributed by atoms with van der Waals surface area (Å²) in [5.74, 6) is 2.34. The van der Waals surface area contributed by atoms with Crippen LogP contribution in [0.15, 0.2) is 72.9 Å². The Balaban J connectivity index is 1.42. The Morgan fingerprint density at radius 2 is 1.80 bits per heavy atom. The molecule has 0 aliphatic carbocycles. The lowest BCUT2D eigenvalue weighted by Gasteiger charge is -2.09. The lowest BCUT2D eigenvalue weighted by molar-refractivity contribution is 0.0947. The van der Waals surface area contributed by atoms with Gasteiger partial charge in [-0.3, -0.25) is 9.89 Å². The van der Waals surface area contributed by atoms with Crippen LogP contribution in [0.2, 0.25) is 0 Å². The van der Waals surface area contributed by atoms with Crippen LogP contribution in [0.3, 0.4) is 0 Å². The maximum absolute atomic E-state index is 12.7. The monoisotopic (exact) mass is 401 g/mol. The fourth-order valence-corrected chi connectivity index (χ4v) is 2.75. The maximum Gasteiger partial charge on any atom is 0.257 e. The van der Waals surface area contributed by atoms with Crippen molar-refractivity contribution in [3.05, 3.63) is 84.3 Å². The van der Waals surface area contributed by atoms with Crippen molar-refractivity contribution < 1.29 is 14.3 Å². The molecule has 0 bridgehead atoms. The van der Waals surface area contributed by atoms with Gasteiger partial charge in [-0.05, 0) is 48.5 Å². The Labute approximate surface area is 172 Å². The number of aromatic amines is 1. The molecule has 0 aliphatic rings. The van der Waals surface area contributed by atoms with E-state index < -0.39 is 0 Å². The predicted octanol–water partition coefficient (Wildman–Crippen LogP) is 3.60. The highest BCUT2D eigenvalue weighted by Gasteiger charge is 2.15. The minimum atomic E-state index is -0.323. The van der Waals surface area contributed by atoms with Gasteiger partial charge < -0.3 is 14.8 Å². The lowest BCUT2D eigenvalue weighted by atomic mass is 10.2. The van der Waals surface area contributed by atoms with E-state index >= 15 is 0 Å². The summed E-state index contributed by atoms with van der Waals surface area (Å²) in [5.41, 5.74) is 1.17. The van der Waals surface area contributed by atoms with Crippen LogP contribution in [0.4, 0.5) is 0 Å². The second-order valence-electron chi connectivity index (χ2n) is 6.29. The number of H-pyrrole nitrogens is 1. The summed E-state index contributed by atoms with van der Waals surface area (Å²) in [5, 5.41) is 9.85. The van der Waals surface area contributed by atoms with E-state index in [0.717, 1.165) is 11.3 Å². The first-order valence-corrected chi connectivity index (χ1v) is 9.25. The topological polar surface area (TPSA) is 102 Å². The average molecular weight is 401 g/mol. The second kappa shape index (κ2) is 8.87. The van der Waals surface area contributed by atoms with Crippen LogP contribution in [0, 0.1) is 0 Å². The van der Waals surface area contributed by atoms with Gasteiger partial charge in [-0.2, -0.15) is 5.10 Å². The maximum atomic E-state index is 12.7. The zero-order valence-electron chi connectivity index (χ0n) is 16.2. The zero-order valence-corrected chi connectivity index (χ0v) is 16.2. The fraction of sp³-hybridized carbons (Fsp3) is 0.0909. The van der Waals surface area contributed by atoms with Crippen molar-refractivity contribution in [2.45, 2.75) is 6.54 Å². The number of ether oxygens (including phenoxy) is 2. The molecule has 0 unspecified atom stereocenters. The molecule has 0 saturated heterocycles. The average Bonchev–Trinajstić information content (AvgIpc) is 3.28. The van der Waals surface area contributed by atoms with Crippen molar-refractivity contribution in [3.8, 4) is 28.8 Å². The normalized spacial score (nSPS) is 10.4. The van der Waals surface area contributed by atoms with Crippen LogP contribution in [-0.4, -0.2) is 33.2 Å². The third-order valence-corrected chi connectivity index (χ3v) is 4.27. The number of hydrogen-bond acceptors (Lipinski definition) is 6. The molecule has 1 amide bonds.